The fourth-order valence-electron chi connectivity index (χ4n) is 3.56. The van der Waals surface area contributed by atoms with Crippen molar-refractivity contribution in [1.82, 2.24) is 9.47 Å². The van der Waals surface area contributed by atoms with Crippen LogP contribution in [0.15, 0.2) is 57.7 Å². The predicted octanol–water partition coefficient (Wildman–Crippen LogP) is 2.92. The third-order valence-electron chi connectivity index (χ3n) is 5.21. The van der Waals surface area contributed by atoms with Crippen LogP contribution in [0.3, 0.4) is 0 Å². The van der Waals surface area contributed by atoms with Crippen LogP contribution in [-0.4, -0.2) is 46.1 Å². The van der Waals surface area contributed by atoms with Gasteiger partial charge in [-0.15, -0.1) is 11.8 Å². The van der Waals surface area contributed by atoms with Crippen molar-refractivity contribution >= 4 is 40.4 Å². The Kier molecular flexibility index (Phi) is 6.31. The number of hydrogen-bond donors (Lipinski definition) is 1. The monoisotopic (exact) mass is 441 g/mol. The first-order valence-corrected chi connectivity index (χ1v) is 11.1. The van der Waals surface area contributed by atoms with Gasteiger partial charge in [-0.25, -0.2) is 4.79 Å². The molecule has 3 aromatic rings. The average Bonchev–Trinajstić information content (AvgIpc) is 3.39. The number of aromatic nitrogens is 1. The Morgan fingerprint density at radius 3 is 2.74 bits per heavy atom. The van der Waals surface area contributed by atoms with E-state index in [9.17, 15) is 14.4 Å². The lowest BCUT2D eigenvalue weighted by atomic mass is 10.2. The number of methoxy groups -OCH3 is 1. The van der Waals surface area contributed by atoms with Gasteiger partial charge in [0.05, 0.1) is 18.5 Å². The molecule has 0 bridgehead atoms. The third-order valence-corrected chi connectivity index (χ3v) is 6.22. The molecule has 0 radical (unpaired) electrons. The van der Waals surface area contributed by atoms with Gasteiger partial charge in [-0.1, -0.05) is 12.1 Å². The molecule has 2 aromatic carbocycles. The Bertz CT molecular complexity index is 1140. The number of oxazole rings is 1. The van der Waals surface area contributed by atoms with E-state index in [2.05, 4.69) is 5.32 Å². The van der Waals surface area contributed by atoms with Gasteiger partial charge in [-0.3, -0.25) is 14.2 Å². The Morgan fingerprint density at radius 2 is 1.97 bits per heavy atom. The Balaban J connectivity index is 1.34. The van der Waals surface area contributed by atoms with E-state index in [4.69, 9.17) is 9.15 Å². The van der Waals surface area contributed by atoms with E-state index in [0.29, 0.717) is 47.1 Å². The van der Waals surface area contributed by atoms with E-state index in [-0.39, 0.29) is 18.2 Å². The first-order chi connectivity index (χ1) is 15.1. The minimum absolute atomic E-state index is 0.0965. The molecule has 1 unspecified atom stereocenters. The van der Waals surface area contributed by atoms with Gasteiger partial charge in [-0.2, -0.15) is 0 Å². The van der Waals surface area contributed by atoms with E-state index < -0.39 is 11.8 Å². The lowest BCUT2D eigenvalue weighted by Crippen LogP contribution is -2.44. The molecule has 162 valence electrons. The molecule has 1 atom stereocenters. The second-order valence-corrected chi connectivity index (χ2v) is 8.19. The molecule has 2 amide bonds. The standard InChI is InChI=1S/C22H23N3O5S/c1-29-16-10-8-15(9-11-16)23-21(27)18-13-31-14-25(18)20(26)7-4-12-24-17-5-2-3-6-19(17)30-22(24)28/h2-3,5-6,8-11,18H,4,7,12-14H2,1H3,(H,23,27). The molecule has 1 fully saturated rings. The lowest BCUT2D eigenvalue weighted by Gasteiger charge is -2.23. The summed E-state index contributed by atoms with van der Waals surface area (Å²) in [6.45, 7) is 0.380. The molecular weight excluding hydrogens is 418 g/mol. The number of anilines is 1. The first-order valence-electron chi connectivity index (χ1n) is 9.97. The Labute approximate surface area is 183 Å². The zero-order valence-electron chi connectivity index (χ0n) is 17.1. The quantitative estimate of drug-likeness (QED) is 0.606. The van der Waals surface area contributed by atoms with Gasteiger partial charge < -0.3 is 19.4 Å². The largest absolute Gasteiger partial charge is 0.497 e. The number of fused-ring (bicyclic) bond motifs is 1. The number of aryl methyl sites for hydroxylation is 1. The minimum atomic E-state index is -0.517. The molecule has 1 aliphatic rings. The van der Waals surface area contributed by atoms with Crippen LogP contribution in [0.5, 0.6) is 5.75 Å². The second kappa shape index (κ2) is 9.30. The zero-order chi connectivity index (χ0) is 21.8. The van der Waals surface area contributed by atoms with E-state index in [1.165, 1.54) is 4.57 Å². The Morgan fingerprint density at radius 1 is 1.19 bits per heavy atom. The number of rotatable bonds is 7. The van der Waals surface area contributed by atoms with Gasteiger partial charge in [0.2, 0.25) is 11.8 Å². The van der Waals surface area contributed by atoms with Crippen molar-refractivity contribution in [3.63, 3.8) is 0 Å². The van der Waals surface area contributed by atoms with Crippen molar-refractivity contribution in [3.8, 4) is 5.75 Å². The van der Waals surface area contributed by atoms with Crippen LogP contribution in [0.25, 0.3) is 11.1 Å². The number of nitrogens with one attached hydrogen (secondary N) is 1. The maximum absolute atomic E-state index is 12.8. The summed E-state index contributed by atoms with van der Waals surface area (Å²) in [5, 5.41) is 2.87. The Hall–Kier alpha value is -3.20. The topological polar surface area (TPSA) is 93.8 Å². The van der Waals surface area contributed by atoms with Crippen molar-refractivity contribution in [2.45, 2.75) is 25.4 Å². The summed E-state index contributed by atoms with van der Waals surface area (Å²) in [5.41, 5.74) is 1.90. The van der Waals surface area contributed by atoms with E-state index >= 15 is 0 Å². The van der Waals surface area contributed by atoms with Gasteiger partial charge >= 0.3 is 5.76 Å². The van der Waals surface area contributed by atoms with Crippen molar-refractivity contribution < 1.29 is 18.7 Å². The fraction of sp³-hybridized carbons (Fsp3) is 0.318. The van der Waals surface area contributed by atoms with Crippen molar-refractivity contribution in [2.75, 3.05) is 24.1 Å². The molecule has 1 saturated heterocycles. The van der Waals surface area contributed by atoms with Gasteiger partial charge in [0, 0.05) is 24.4 Å². The molecule has 9 heteroatoms. The minimum Gasteiger partial charge on any atom is -0.497 e. The molecule has 8 nitrogen and oxygen atoms in total. The summed E-state index contributed by atoms with van der Waals surface area (Å²) in [7, 11) is 1.58. The van der Waals surface area contributed by atoms with Gasteiger partial charge in [0.1, 0.15) is 11.8 Å². The number of carbonyl (C=O) groups excluding carboxylic acids is 2. The summed E-state index contributed by atoms with van der Waals surface area (Å²) < 4.78 is 11.9. The maximum atomic E-state index is 12.8. The highest BCUT2D eigenvalue weighted by Crippen LogP contribution is 2.24. The van der Waals surface area contributed by atoms with Crippen LogP contribution in [-0.2, 0) is 16.1 Å². The number of carbonyl (C=O) groups is 2. The molecule has 1 N–H and O–H groups in total. The molecule has 4 rings (SSSR count). The first kappa shape index (κ1) is 21.0. The molecule has 1 aromatic heterocycles. The smallest absolute Gasteiger partial charge is 0.419 e. The average molecular weight is 442 g/mol. The van der Waals surface area contributed by atoms with Crippen LogP contribution in [0.4, 0.5) is 5.69 Å². The van der Waals surface area contributed by atoms with Gasteiger partial charge in [0.25, 0.3) is 0 Å². The number of ether oxygens (including phenoxy) is 1. The normalized spacial score (nSPS) is 15.9. The van der Waals surface area contributed by atoms with Gasteiger partial charge in [0.15, 0.2) is 5.58 Å². The van der Waals surface area contributed by atoms with E-state index in [1.807, 2.05) is 12.1 Å². The van der Waals surface area contributed by atoms with Crippen molar-refractivity contribution in [2.24, 2.45) is 0 Å². The highest BCUT2D eigenvalue weighted by molar-refractivity contribution is 7.99. The van der Waals surface area contributed by atoms with Crippen molar-refractivity contribution in [1.29, 1.82) is 0 Å². The number of benzene rings is 2. The number of nitrogens with zero attached hydrogens (tertiary/aromatic N) is 2. The summed E-state index contributed by atoms with van der Waals surface area (Å²) in [5.74, 6) is 1.01. The summed E-state index contributed by atoms with van der Waals surface area (Å²) in [4.78, 5) is 39.2. The molecule has 0 spiro atoms. The SMILES string of the molecule is COc1ccc(NC(=O)C2CSCN2C(=O)CCCn2c(=O)oc3ccccc32)cc1. The highest BCUT2D eigenvalue weighted by atomic mass is 32.2. The van der Waals surface area contributed by atoms with Crippen LogP contribution < -0.4 is 15.8 Å². The van der Waals surface area contributed by atoms with Crippen LogP contribution >= 0.6 is 11.8 Å². The molecule has 2 heterocycles. The number of thioether (sulfide) groups is 1. The number of hydrogen-bond acceptors (Lipinski definition) is 6. The lowest BCUT2D eigenvalue weighted by molar-refractivity contribution is -0.136. The van der Waals surface area contributed by atoms with Crippen LogP contribution in [0, 0.1) is 0 Å². The van der Waals surface area contributed by atoms with E-state index in [0.717, 1.165) is 0 Å². The molecular formula is C22H23N3O5S. The molecule has 0 aliphatic carbocycles. The fourth-order valence-corrected chi connectivity index (χ4v) is 4.74. The van der Waals surface area contributed by atoms with Crippen LogP contribution in [0.2, 0.25) is 0 Å². The molecule has 0 saturated carbocycles. The zero-order valence-corrected chi connectivity index (χ0v) is 17.9. The highest BCUT2D eigenvalue weighted by Gasteiger charge is 2.34. The second-order valence-electron chi connectivity index (χ2n) is 7.19. The van der Waals surface area contributed by atoms with Crippen LogP contribution in [0.1, 0.15) is 12.8 Å². The van der Waals surface area contributed by atoms with E-state index in [1.54, 1.807) is 60.2 Å². The predicted molar refractivity (Wildman–Crippen MR) is 119 cm³/mol. The summed E-state index contributed by atoms with van der Waals surface area (Å²) in [6, 6.07) is 13.7. The maximum Gasteiger partial charge on any atom is 0.419 e. The summed E-state index contributed by atoms with van der Waals surface area (Å²) >= 11 is 1.55. The molecule has 1 aliphatic heterocycles. The van der Waals surface area contributed by atoms with Crippen molar-refractivity contribution in [3.05, 3.63) is 59.1 Å². The number of para-hydroxylation sites is 2. The molecule has 31 heavy (non-hydrogen) atoms. The van der Waals surface area contributed by atoms with Gasteiger partial charge in [-0.05, 0) is 42.8 Å². The summed E-state index contributed by atoms with van der Waals surface area (Å²) in [6.07, 6.45) is 0.731. The third kappa shape index (κ3) is 4.61. The number of amides is 2.